The molecule has 0 atom stereocenters. The molecule has 0 aromatic heterocycles. The fraction of sp³-hybridized carbons (Fsp3) is 0.600. The van der Waals surface area contributed by atoms with Crippen molar-refractivity contribution < 1.29 is 14.3 Å². The van der Waals surface area contributed by atoms with Crippen LogP contribution in [0.1, 0.15) is 31.7 Å². The second-order valence-corrected chi connectivity index (χ2v) is 6.62. The third kappa shape index (κ3) is 10.7. The van der Waals surface area contributed by atoms with E-state index in [0.29, 0.717) is 12.5 Å². The summed E-state index contributed by atoms with van der Waals surface area (Å²) in [6.45, 7) is 5.72. The Kier molecular flexibility index (Phi) is 12.6. The second kappa shape index (κ2) is 14.4. The molecule has 1 saturated carbocycles. The van der Waals surface area contributed by atoms with Crippen LogP contribution in [0.3, 0.4) is 0 Å². The highest BCUT2D eigenvalue weighted by Gasteiger charge is 2.20. The van der Waals surface area contributed by atoms with Crippen molar-refractivity contribution >= 4 is 35.8 Å². The van der Waals surface area contributed by atoms with Crippen molar-refractivity contribution in [3.63, 3.8) is 0 Å². The van der Waals surface area contributed by atoms with Crippen molar-refractivity contribution in [2.45, 2.75) is 32.7 Å². The molecule has 3 N–H and O–H groups in total. The van der Waals surface area contributed by atoms with Crippen molar-refractivity contribution in [3.05, 3.63) is 29.8 Å². The predicted molar refractivity (Wildman–Crippen MR) is 122 cm³/mol. The first kappa shape index (κ1) is 24.5. The van der Waals surface area contributed by atoms with Gasteiger partial charge in [0.15, 0.2) is 5.96 Å². The van der Waals surface area contributed by atoms with Gasteiger partial charge in [-0.2, -0.15) is 0 Å². The van der Waals surface area contributed by atoms with Gasteiger partial charge in [0.1, 0.15) is 12.3 Å². The maximum absolute atomic E-state index is 12.0. The van der Waals surface area contributed by atoms with Gasteiger partial charge in [-0.25, -0.2) is 4.99 Å². The number of ether oxygens (including phenoxy) is 2. The first-order chi connectivity index (χ1) is 13.2. The lowest BCUT2D eigenvalue weighted by Gasteiger charge is -2.11. The van der Waals surface area contributed by atoms with Gasteiger partial charge in [0.25, 0.3) is 0 Å². The minimum Gasteiger partial charge on any atom is -0.497 e. The molecule has 0 saturated heterocycles. The van der Waals surface area contributed by atoms with Gasteiger partial charge in [0.05, 0.1) is 7.11 Å². The summed E-state index contributed by atoms with van der Waals surface area (Å²) in [4.78, 5) is 16.3. The number of hydrogen-bond acceptors (Lipinski definition) is 4. The summed E-state index contributed by atoms with van der Waals surface area (Å²) in [7, 11) is 1.63. The Morgan fingerprint density at radius 2 is 1.93 bits per heavy atom. The van der Waals surface area contributed by atoms with E-state index in [9.17, 15) is 4.79 Å². The van der Waals surface area contributed by atoms with Crippen molar-refractivity contribution in [1.82, 2.24) is 16.0 Å². The molecule has 158 valence electrons. The van der Waals surface area contributed by atoms with Crippen LogP contribution in [-0.2, 0) is 16.1 Å². The minimum atomic E-state index is -0.115. The number of carbonyl (C=O) groups excluding carboxylic acids is 1. The number of methoxy groups -OCH3 is 1. The Labute approximate surface area is 185 Å². The molecule has 1 fully saturated rings. The molecule has 1 aliphatic rings. The Balaban J connectivity index is 0.00000392. The van der Waals surface area contributed by atoms with Gasteiger partial charge in [-0.15, -0.1) is 24.0 Å². The number of benzene rings is 1. The quantitative estimate of drug-likeness (QED) is 0.176. The van der Waals surface area contributed by atoms with E-state index in [1.54, 1.807) is 7.11 Å². The van der Waals surface area contributed by atoms with Crippen LogP contribution in [0.2, 0.25) is 0 Å². The summed E-state index contributed by atoms with van der Waals surface area (Å²) in [5, 5.41) is 9.25. The monoisotopic (exact) mass is 504 g/mol. The van der Waals surface area contributed by atoms with E-state index in [2.05, 4.69) is 20.9 Å². The number of carbonyl (C=O) groups is 1. The molecule has 0 bridgehead atoms. The van der Waals surface area contributed by atoms with E-state index in [0.717, 1.165) is 50.0 Å². The number of nitrogens with one attached hydrogen (secondary N) is 3. The second-order valence-electron chi connectivity index (χ2n) is 6.62. The maximum atomic E-state index is 12.0. The lowest BCUT2D eigenvalue weighted by molar-refractivity contribution is -0.119. The summed E-state index contributed by atoms with van der Waals surface area (Å²) in [5.41, 5.74) is 1.02. The first-order valence-electron chi connectivity index (χ1n) is 9.70. The van der Waals surface area contributed by atoms with Gasteiger partial charge >= 0.3 is 0 Å². The molecule has 1 aromatic carbocycles. The van der Waals surface area contributed by atoms with Crippen molar-refractivity contribution in [1.29, 1.82) is 0 Å². The number of amides is 1. The summed E-state index contributed by atoms with van der Waals surface area (Å²) >= 11 is 0. The van der Waals surface area contributed by atoms with Crippen LogP contribution >= 0.6 is 24.0 Å². The standard InChI is InChI=1S/C20H32N4O3.HI/c1-3-21-20(22-11-4-12-27-15-17-5-6-17)24-14-19(25)23-13-16-7-9-18(26-2)10-8-16;/h7-10,17H,3-6,11-15H2,1-2H3,(H,23,25)(H2,21,22,24);1H. The van der Waals surface area contributed by atoms with Crippen LogP contribution in [-0.4, -0.2) is 51.8 Å². The van der Waals surface area contributed by atoms with Crippen LogP contribution in [0.4, 0.5) is 0 Å². The van der Waals surface area contributed by atoms with Gasteiger partial charge in [-0.1, -0.05) is 12.1 Å². The molecule has 8 heteroatoms. The number of hydrogen-bond donors (Lipinski definition) is 3. The smallest absolute Gasteiger partial charge is 0.242 e. The Morgan fingerprint density at radius 3 is 2.57 bits per heavy atom. The number of guanidine groups is 1. The normalized spacial score (nSPS) is 13.4. The fourth-order valence-electron chi connectivity index (χ4n) is 2.41. The van der Waals surface area contributed by atoms with Gasteiger partial charge in [0, 0.05) is 32.8 Å². The zero-order valence-corrected chi connectivity index (χ0v) is 19.2. The molecule has 0 aliphatic heterocycles. The zero-order chi connectivity index (χ0) is 19.3. The van der Waals surface area contributed by atoms with E-state index >= 15 is 0 Å². The van der Waals surface area contributed by atoms with Gasteiger partial charge in [-0.05, 0) is 49.8 Å². The van der Waals surface area contributed by atoms with E-state index in [1.807, 2.05) is 31.2 Å². The number of rotatable bonds is 12. The molecule has 0 radical (unpaired) electrons. The van der Waals surface area contributed by atoms with Crippen LogP contribution in [0.5, 0.6) is 5.75 Å². The largest absolute Gasteiger partial charge is 0.497 e. The van der Waals surface area contributed by atoms with Crippen LogP contribution in [0.15, 0.2) is 29.3 Å². The topological polar surface area (TPSA) is 84.0 Å². The Morgan fingerprint density at radius 1 is 1.18 bits per heavy atom. The van der Waals surface area contributed by atoms with E-state index in [-0.39, 0.29) is 36.4 Å². The molecule has 1 amide bonds. The SMILES string of the molecule is CCNC(=NCC(=O)NCc1ccc(OC)cc1)NCCCOCC1CC1.I. The average molecular weight is 504 g/mol. The third-order valence-electron chi connectivity index (χ3n) is 4.18. The lowest BCUT2D eigenvalue weighted by Crippen LogP contribution is -2.39. The minimum absolute atomic E-state index is 0. The highest BCUT2D eigenvalue weighted by molar-refractivity contribution is 14.0. The van der Waals surface area contributed by atoms with Crippen molar-refractivity contribution in [3.8, 4) is 5.75 Å². The summed E-state index contributed by atoms with van der Waals surface area (Å²) < 4.78 is 10.7. The third-order valence-corrected chi connectivity index (χ3v) is 4.18. The first-order valence-corrected chi connectivity index (χ1v) is 9.70. The summed E-state index contributed by atoms with van der Waals surface area (Å²) in [5.74, 6) is 2.14. The highest BCUT2D eigenvalue weighted by atomic mass is 127. The molecular weight excluding hydrogens is 471 g/mol. The number of aliphatic imine (C=N–C) groups is 1. The predicted octanol–water partition coefficient (Wildman–Crippen LogP) is 2.30. The van der Waals surface area contributed by atoms with Crippen LogP contribution in [0.25, 0.3) is 0 Å². The molecule has 7 nitrogen and oxygen atoms in total. The Bertz CT molecular complexity index is 592. The summed E-state index contributed by atoms with van der Waals surface area (Å²) in [6, 6.07) is 7.61. The maximum Gasteiger partial charge on any atom is 0.242 e. The Hall–Kier alpha value is -1.55. The van der Waals surface area contributed by atoms with Gasteiger partial charge < -0.3 is 25.4 Å². The van der Waals surface area contributed by atoms with Crippen LogP contribution < -0.4 is 20.7 Å². The fourth-order valence-corrected chi connectivity index (χ4v) is 2.41. The molecule has 0 heterocycles. The molecule has 1 aliphatic carbocycles. The molecule has 1 aromatic rings. The van der Waals surface area contributed by atoms with Crippen LogP contribution in [0, 0.1) is 5.92 Å². The van der Waals surface area contributed by atoms with E-state index in [1.165, 1.54) is 12.8 Å². The van der Waals surface area contributed by atoms with Crippen molar-refractivity contribution in [2.75, 3.05) is 40.0 Å². The van der Waals surface area contributed by atoms with Gasteiger partial charge in [-0.3, -0.25) is 4.79 Å². The molecule has 28 heavy (non-hydrogen) atoms. The number of halogens is 1. The molecule has 0 unspecified atom stereocenters. The molecular formula is C20H33IN4O3. The van der Waals surface area contributed by atoms with Gasteiger partial charge in [0.2, 0.25) is 5.91 Å². The molecule has 0 spiro atoms. The highest BCUT2D eigenvalue weighted by Crippen LogP contribution is 2.28. The lowest BCUT2D eigenvalue weighted by atomic mass is 10.2. The van der Waals surface area contributed by atoms with E-state index < -0.39 is 0 Å². The number of nitrogens with zero attached hydrogens (tertiary/aromatic N) is 1. The zero-order valence-electron chi connectivity index (χ0n) is 16.8. The molecule has 2 rings (SSSR count). The average Bonchev–Trinajstić information content (AvgIpc) is 3.51. The summed E-state index contributed by atoms with van der Waals surface area (Å²) in [6.07, 6.45) is 3.55. The van der Waals surface area contributed by atoms with E-state index in [4.69, 9.17) is 9.47 Å². The van der Waals surface area contributed by atoms with Crippen molar-refractivity contribution in [2.24, 2.45) is 10.9 Å².